The topological polar surface area (TPSA) is 75.6 Å². The smallest absolute Gasteiger partial charge is 0.416 e. The number of rotatable bonds is 5. The highest BCUT2D eigenvalue weighted by Gasteiger charge is 2.30. The second kappa shape index (κ2) is 9.10. The van der Waals surface area contributed by atoms with Crippen LogP contribution in [0.3, 0.4) is 0 Å². The molecule has 160 valence electrons. The first-order chi connectivity index (χ1) is 14.3. The third kappa shape index (κ3) is 5.25. The molecule has 2 aromatic rings. The van der Waals surface area contributed by atoms with Crippen LogP contribution >= 0.6 is 0 Å². The van der Waals surface area contributed by atoms with Gasteiger partial charge < -0.3 is 14.5 Å². The van der Waals surface area contributed by atoms with Crippen LogP contribution < -0.4 is 4.90 Å². The Morgan fingerprint density at radius 2 is 1.87 bits per heavy atom. The predicted molar refractivity (Wildman–Crippen MR) is 103 cm³/mol. The summed E-state index contributed by atoms with van der Waals surface area (Å²) in [5.74, 6) is -0.476. The molecule has 7 nitrogen and oxygen atoms in total. The van der Waals surface area contributed by atoms with Gasteiger partial charge in [-0.05, 0) is 25.1 Å². The molecule has 2 heterocycles. The van der Waals surface area contributed by atoms with Crippen molar-refractivity contribution in [3.63, 3.8) is 0 Å². The van der Waals surface area contributed by atoms with Crippen molar-refractivity contribution in [2.75, 3.05) is 37.7 Å². The van der Waals surface area contributed by atoms with Gasteiger partial charge in [0.2, 0.25) is 11.9 Å². The average molecular weight is 422 g/mol. The number of esters is 1. The molecule has 1 fully saturated rings. The van der Waals surface area contributed by atoms with Gasteiger partial charge in [0, 0.05) is 37.9 Å². The minimum atomic E-state index is -4.43. The quantitative estimate of drug-likeness (QED) is 0.545. The van der Waals surface area contributed by atoms with Crippen LogP contribution in [0.4, 0.5) is 19.1 Å². The first kappa shape index (κ1) is 21.5. The fourth-order valence-corrected chi connectivity index (χ4v) is 3.12. The van der Waals surface area contributed by atoms with Gasteiger partial charge in [0.05, 0.1) is 17.9 Å². The lowest BCUT2D eigenvalue weighted by Gasteiger charge is -2.34. The number of carbonyl (C=O) groups is 2. The van der Waals surface area contributed by atoms with E-state index < -0.39 is 17.7 Å². The number of aromatic nitrogens is 2. The molecule has 0 radical (unpaired) electrons. The molecule has 0 bridgehead atoms. The van der Waals surface area contributed by atoms with Gasteiger partial charge in [0.25, 0.3) is 0 Å². The highest BCUT2D eigenvalue weighted by Crippen LogP contribution is 2.32. The second-order valence-electron chi connectivity index (χ2n) is 6.67. The third-order valence-electron chi connectivity index (χ3n) is 4.64. The Morgan fingerprint density at radius 3 is 2.53 bits per heavy atom. The Bertz CT molecular complexity index is 912. The van der Waals surface area contributed by atoms with Crippen LogP contribution in [-0.4, -0.2) is 59.5 Å². The lowest BCUT2D eigenvalue weighted by atomic mass is 10.1. The number of hydrogen-bond donors (Lipinski definition) is 0. The van der Waals surface area contributed by atoms with Gasteiger partial charge in [-0.2, -0.15) is 13.2 Å². The molecule has 0 spiro atoms. The van der Waals surface area contributed by atoms with Crippen LogP contribution in [0.2, 0.25) is 0 Å². The van der Waals surface area contributed by atoms with E-state index in [1.165, 1.54) is 12.3 Å². The molecule has 1 amide bonds. The van der Waals surface area contributed by atoms with Crippen LogP contribution in [-0.2, 0) is 20.5 Å². The summed E-state index contributed by atoms with van der Waals surface area (Å²) in [7, 11) is 0. The summed E-state index contributed by atoms with van der Waals surface area (Å²) < 4.78 is 43.7. The molecule has 0 saturated carbocycles. The molecule has 1 aromatic heterocycles. The number of anilines is 1. The van der Waals surface area contributed by atoms with Crippen LogP contribution in [0.5, 0.6) is 0 Å². The zero-order valence-corrected chi connectivity index (χ0v) is 16.4. The van der Waals surface area contributed by atoms with Crippen molar-refractivity contribution in [1.82, 2.24) is 14.9 Å². The van der Waals surface area contributed by atoms with E-state index in [1.807, 2.05) is 4.90 Å². The van der Waals surface area contributed by atoms with Crippen LogP contribution in [0.25, 0.3) is 11.3 Å². The van der Waals surface area contributed by atoms with Crippen LogP contribution in [0.1, 0.15) is 18.9 Å². The number of halogens is 3. The van der Waals surface area contributed by atoms with E-state index in [9.17, 15) is 22.8 Å². The van der Waals surface area contributed by atoms with Crippen LogP contribution in [0.15, 0.2) is 36.5 Å². The molecule has 0 N–H and O–H groups in total. The third-order valence-corrected chi connectivity index (χ3v) is 4.64. The minimum Gasteiger partial charge on any atom is -0.466 e. The molecule has 3 rings (SSSR count). The first-order valence-corrected chi connectivity index (χ1v) is 9.47. The maximum Gasteiger partial charge on any atom is 0.416 e. The summed E-state index contributed by atoms with van der Waals surface area (Å²) in [5.41, 5.74) is -0.0162. The Kier molecular flexibility index (Phi) is 6.53. The molecule has 1 saturated heterocycles. The molecule has 0 unspecified atom stereocenters. The van der Waals surface area contributed by atoms with E-state index in [0.717, 1.165) is 12.1 Å². The highest BCUT2D eigenvalue weighted by atomic mass is 19.4. The van der Waals surface area contributed by atoms with Gasteiger partial charge in [0.15, 0.2) is 0 Å². The summed E-state index contributed by atoms with van der Waals surface area (Å²) >= 11 is 0. The number of ether oxygens (including phenoxy) is 1. The molecule has 1 aromatic carbocycles. The van der Waals surface area contributed by atoms with Crippen molar-refractivity contribution in [3.8, 4) is 11.3 Å². The van der Waals surface area contributed by atoms with Gasteiger partial charge >= 0.3 is 12.1 Å². The van der Waals surface area contributed by atoms with Crippen molar-refractivity contribution < 1.29 is 27.5 Å². The van der Waals surface area contributed by atoms with E-state index in [4.69, 9.17) is 4.74 Å². The molecule has 30 heavy (non-hydrogen) atoms. The minimum absolute atomic E-state index is 0.222. The monoisotopic (exact) mass is 422 g/mol. The van der Waals surface area contributed by atoms with Gasteiger partial charge in [-0.25, -0.2) is 9.97 Å². The molecule has 0 aliphatic carbocycles. The summed E-state index contributed by atoms with van der Waals surface area (Å²) in [4.78, 5) is 35.7. The molecule has 10 heteroatoms. The summed E-state index contributed by atoms with van der Waals surface area (Å²) in [5, 5.41) is 0. The van der Waals surface area contributed by atoms with E-state index in [-0.39, 0.29) is 18.9 Å². The SMILES string of the molecule is CCOC(=O)CC(=O)N1CCN(c2nccc(-c3cccc(C(F)(F)F)c3)n2)CC1. The molecular formula is C20H21F3N4O3. The Hall–Kier alpha value is -3.17. The maximum atomic E-state index is 13.0. The summed E-state index contributed by atoms with van der Waals surface area (Å²) in [6.07, 6.45) is -3.23. The predicted octanol–water partition coefficient (Wildman–Crippen LogP) is 2.76. The maximum absolute atomic E-state index is 13.0. The Labute approximate surface area is 171 Å². The number of carbonyl (C=O) groups excluding carboxylic acids is 2. The lowest BCUT2D eigenvalue weighted by molar-refractivity contribution is -0.148. The number of piperazine rings is 1. The number of nitrogens with zero attached hydrogens (tertiary/aromatic N) is 4. The van der Waals surface area contributed by atoms with E-state index in [0.29, 0.717) is 43.4 Å². The lowest BCUT2D eigenvalue weighted by Crippen LogP contribution is -2.49. The number of benzene rings is 1. The van der Waals surface area contributed by atoms with E-state index in [2.05, 4.69) is 9.97 Å². The highest BCUT2D eigenvalue weighted by molar-refractivity contribution is 5.94. The number of alkyl halides is 3. The normalized spacial score (nSPS) is 14.5. The largest absolute Gasteiger partial charge is 0.466 e. The van der Waals surface area contributed by atoms with Gasteiger partial charge in [0.1, 0.15) is 6.42 Å². The standard InChI is InChI=1S/C20H21F3N4O3/c1-2-30-18(29)13-17(28)26-8-10-27(11-9-26)19-24-7-6-16(25-19)14-4-3-5-15(12-14)20(21,22)23/h3-7,12H,2,8-11,13H2,1H3. The van der Waals surface area contributed by atoms with Crippen molar-refractivity contribution >= 4 is 17.8 Å². The Morgan fingerprint density at radius 1 is 1.13 bits per heavy atom. The fraction of sp³-hybridized carbons (Fsp3) is 0.400. The molecule has 1 aliphatic heterocycles. The van der Waals surface area contributed by atoms with Gasteiger partial charge in [-0.15, -0.1) is 0 Å². The van der Waals surface area contributed by atoms with Crippen LogP contribution in [0, 0.1) is 0 Å². The van der Waals surface area contributed by atoms with E-state index in [1.54, 1.807) is 24.0 Å². The zero-order chi connectivity index (χ0) is 21.7. The fourth-order valence-electron chi connectivity index (χ4n) is 3.12. The van der Waals surface area contributed by atoms with Crippen molar-refractivity contribution in [2.24, 2.45) is 0 Å². The Balaban J connectivity index is 1.67. The van der Waals surface area contributed by atoms with Gasteiger partial charge in [-0.1, -0.05) is 12.1 Å². The van der Waals surface area contributed by atoms with Gasteiger partial charge in [-0.3, -0.25) is 9.59 Å². The van der Waals surface area contributed by atoms with Crippen molar-refractivity contribution in [1.29, 1.82) is 0 Å². The number of amides is 1. The second-order valence-corrected chi connectivity index (χ2v) is 6.67. The van der Waals surface area contributed by atoms with Crippen molar-refractivity contribution in [3.05, 3.63) is 42.1 Å². The number of hydrogen-bond acceptors (Lipinski definition) is 6. The zero-order valence-electron chi connectivity index (χ0n) is 16.4. The summed E-state index contributed by atoms with van der Waals surface area (Å²) in [6, 6.07) is 6.52. The first-order valence-electron chi connectivity index (χ1n) is 9.47. The molecule has 0 atom stereocenters. The summed E-state index contributed by atoms with van der Waals surface area (Å²) in [6.45, 7) is 3.56. The molecular weight excluding hydrogens is 401 g/mol. The molecule has 1 aliphatic rings. The van der Waals surface area contributed by atoms with Crippen molar-refractivity contribution in [2.45, 2.75) is 19.5 Å². The van der Waals surface area contributed by atoms with E-state index >= 15 is 0 Å². The average Bonchev–Trinajstić information content (AvgIpc) is 2.73.